The summed E-state index contributed by atoms with van der Waals surface area (Å²) >= 11 is 5.08. The first-order valence-electron chi connectivity index (χ1n) is 6.86. The van der Waals surface area contributed by atoms with Gasteiger partial charge in [0.2, 0.25) is 0 Å². The van der Waals surface area contributed by atoms with Gasteiger partial charge in [-0.3, -0.25) is 10.1 Å². The van der Waals surface area contributed by atoms with E-state index in [1.807, 2.05) is 12.1 Å². The van der Waals surface area contributed by atoms with Gasteiger partial charge in [0.05, 0.1) is 15.2 Å². The smallest absolute Gasteiger partial charge is 0.321 e. The van der Waals surface area contributed by atoms with Crippen LogP contribution in [0.25, 0.3) is 0 Å². The maximum atomic E-state index is 11.9. The van der Waals surface area contributed by atoms with Crippen LogP contribution in [0, 0.1) is 0 Å². The molecule has 1 atom stereocenters. The molecule has 1 saturated carbocycles. The standard InChI is InChI=1S/C14H18BrN3O2S/c1-2-7-18(8-11-5-6-12(15)21-11)9-13(19)17-14(20)16-10-3-4-10/h2,5-6,10H,1,3-4,7-9H2,(H2,16,17,19,20)/p+1. The van der Waals surface area contributed by atoms with Crippen molar-refractivity contribution in [1.29, 1.82) is 0 Å². The first-order chi connectivity index (χ1) is 10.1. The van der Waals surface area contributed by atoms with E-state index in [1.165, 1.54) is 4.88 Å². The molecule has 0 saturated heterocycles. The molecule has 0 radical (unpaired) electrons. The lowest BCUT2D eigenvalue weighted by atomic mass is 10.3. The largest absolute Gasteiger partial charge is 0.335 e. The molecule has 1 aromatic heterocycles. The van der Waals surface area contributed by atoms with Crippen LogP contribution < -0.4 is 15.5 Å². The number of nitrogens with one attached hydrogen (secondary N) is 3. The molecule has 0 bridgehead atoms. The highest BCUT2D eigenvalue weighted by atomic mass is 79.9. The second kappa shape index (κ2) is 7.72. The van der Waals surface area contributed by atoms with Crippen molar-refractivity contribution in [3.63, 3.8) is 0 Å². The predicted octanol–water partition coefficient (Wildman–Crippen LogP) is 1.07. The normalized spacial score (nSPS) is 15.3. The van der Waals surface area contributed by atoms with Crippen molar-refractivity contribution >= 4 is 39.2 Å². The number of urea groups is 1. The molecule has 3 N–H and O–H groups in total. The molecule has 5 nitrogen and oxygen atoms in total. The lowest BCUT2D eigenvalue weighted by molar-refractivity contribution is -0.899. The third kappa shape index (κ3) is 5.99. The van der Waals surface area contributed by atoms with Crippen molar-refractivity contribution in [2.24, 2.45) is 0 Å². The summed E-state index contributed by atoms with van der Waals surface area (Å²) in [5.74, 6) is -0.263. The number of rotatable bonds is 7. The van der Waals surface area contributed by atoms with E-state index in [-0.39, 0.29) is 24.5 Å². The minimum absolute atomic E-state index is 0.248. The fourth-order valence-corrected chi connectivity index (χ4v) is 3.51. The Morgan fingerprint density at radius 1 is 1.48 bits per heavy atom. The molecule has 1 heterocycles. The maximum Gasteiger partial charge on any atom is 0.321 e. The quantitative estimate of drug-likeness (QED) is 0.627. The van der Waals surface area contributed by atoms with E-state index in [4.69, 9.17) is 0 Å². The number of quaternary nitrogens is 1. The topological polar surface area (TPSA) is 62.6 Å². The van der Waals surface area contributed by atoms with Crippen LogP contribution in [-0.4, -0.2) is 31.1 Å². The zero-order chi connectivity index (χ0) is 15.2. The van der Waals surface area contributed by atoms with Crippen molar-refractivity contribution in [3.05, 3.63) is 33.5 Å². The molecule has 1 aromatic rings. The average Bonchev–Trinajstić information content (AvgIpc) is 3.11. The van der Waals surface area contributed by atoms with Crippen molar-refractivity contribution < 1.29 is 14.5 Å². The lowest BCUT2D eigenvalue weighted by Crippen LogP contribution is -3.11. The van der Waals surface area contributed by atoms with Gasteiger partial charge >= 0.3 is 6.03 Å². The van der Waals surface area contributed by atoms with E-state index in [0.29, 0.717) is 6.54 Å². The second-order valence-electron chi connectivity index (χ2n) is 5.10. The van der Waals surface area contributed by atoms with Gasteiger partial charge in [-0.1, -0.05) is 6.58 Å². The first kappa shape index (κ1) is 16.2. The predicted molar refractivity (Wildman–Crippen MR) is 86.3 cm³/mol. The number of thiophene rings is 1. The molecule has 1 fully saturated rings. The highest BCUT2D eigenvalue weighted by Crippen LogP contribution is 2.21. The molecule has 3 amide bonds. The molecule has 0 aliphatic heterocycles. The Morgan fingerprint density at radius 3 is 2.81 bits per heavy atom. The maximum absolute atomic E-state index is 11.9. The molecule has 0 aromatic carbocycles. The summed E-state index contributed by atoms with van der Waals surface area (Å²) in [7, 11) is 0. The minimum Gasteiger partial charge on any atom is -0.335 e. The summed E-state index contributed by atoms with van der Waals surface area (Å²) in [5.41, 5.74) is 0. The Balaban J connectivity index is 1.81. The number of hydrogen-bond acceptors (Lipinski definition) is 3. The monoisotopic (exact) mass is 372 g/mol. The number of hydrogen-bond donors (Lipinski definition) is 3. The van der Waals surface area contributed by atoms with E-state index < -0.39 is 0 Å². The van der Waals surface area contributed by atoms with Crippen LogP contribution in [0.5, 0.6) is 0 Å². The van der Waals surface area contributed by atoms with Gasteiger partial charge in [-0.2, -0.15) is 0 Å². The Morgan fingerprint density at radius 2 is 2.24 bits per heavy atom. The molecule has 1 aliphatic rings. The Bertz CT molecular complexity index is 528. The average molecular weight is 373 g/mol. The van der Waals surface area contributed by atoms with Crippen molar-refractivity contribution in [3.8, 4) is 0 Å². The Labute approximate surface area is 136 Å². The van der Waals surface area contributed by atoms with E-state index in [1.54, 1.807) is 17.4 Å². The summed E-state index contributed by atoms with van der Waals surface area (Å²) in [5, 5.41) is 5.12. The van der Waals surface area contributed by atoms with E-state index >= 15 is 0 Å². The molecule has 114 valence electrons. The summed E-state index contributed by atoms with van der Waals surface area (Å²) in [6.07, 6.45) is 3.79. The zero-order valence-corrected chi connectivity index (χ0v) is 14.1. The molecular formula is C14H19BrN3O2S+. The first-order valence-corrected chi connectivity index (χ1v) is 8.47. The van der Waals surface area contributed by atoms with E-state index in [0.717, 1.165) is 28.1 Å². The van der Waals surface area contributed by atoms with Crippen LogP contribution >= 0.6 is 27.3 Å². The molecule has 0 spiro atoms. The summed E-state index contributed by atoms with van der Waals surface area (Å²) in [6, 6.07) is 3.89. The van der Waals surface area contributed by atoms with Gasteiger partial charge in [0.15, 0.2) is 6.54 Å². The van der Waals surface area contributed by atoms with Crippen LogP contribution in [0.4, 0.5) is 4.79 Å². The molecule has 2 rings (SSSR count). The third-order valence-corrected chi connectivity index (χ3v) is 4.69. The summed E-state index contributed by atoms with van der Waals surface area (Å²) < 4.78 is 1.07. The molecular weight excluding hydrogens is 354 g/mol. The van der Waals surface area contributed by atoms with Crippen molar-refractivity contribution in [2.75, 3.05) is 13.1 Å². The molecule has 1 aliphatic carbocycles. The Hall–Kier alpha value is -1.18. The number of imide groups is 1. The summed E-state index contributed by atoms with van der Waals surface area (Å²) in [6.45, 7) is 5.38. The van der Waals surface area contributed by atoms with Gasteiger partial charge < -0.3 is 10.2 Å². The van der Waals surface area contributed by atoms with Gasteiger partial charge in [-0.25, -0.2) is 4.79 Å². The third-order valence-electron chi connectivity index (χ3n) is 3.06. The molecule has 1 unspecified atom stereocenters. The number of amides is 3. The van der Waals surface area contributed by atoms with E-state index in [2.05, 4.69) is 33.1 Å². The fourth-order valence-electron chi connectivity index (χ4n) is 1.95. The molecule has 7 heteroatoms. The van der Waals surface area contributed by atoms with Crippen molar-refractivity contribution in [2.45, 2.75) is 25.4 Å². The minimum atomic E-state index is -0.390. The number of carbonyl (C=O) groups excluding carboxylic acids is 2. The van der Waals surface area contributed by atoms with Crippen LogP contribution in [0.2, 0.25) is 0 Å². The van der Waals surface area contributed by atoms with Crippen LogP contribution in [-0.2, 0) is 11.3 Å². The van der Waals surface area contributed by atoms with E-state index in [9.17, 15) is 9.59 Å². The van der Waals surface area contributed by atoms with Crippen LogP contribution in [0.3, 0.4) is 0 Å². The highest BCUT2D eigenvalue weighted by Gasteiger charge is 2.24. The SMILES string of the molecule is C=CC[NH+](CC(=O)NC(=O)NC1CC1)Cc1ccc(Br)s1. The summed E-state index contributed by atoms with van der Waals surface area (Å²) in [4.78, 5) is 25.7. The van der Waals surface area contributed by atoms with Gasteiger partial charge in [0, 0.05) is 6.04 Å². The lowest BCUT2D eigenvalue weighted by Gasteiger charge is -2.16. The number of carbonyl (C=O) groups is 2. The zero-order valence-electron chi connectivity index (χ0n) is 11.7. The van der Waals surface area contributed by atoms with Crippen LogP contribution in [0.15, 0.2) is 28.6 Å². The second-order valence-corrected chi connectivity index (χ2v) is 7.65. The fraction of sp³-hybridized carbons (Fsp3) is 0.429. The van der Waals surface area contributed by atoms with Gasteiger partial charge in [0.25, 0.3) is 5.91 Å². The van der Waals surface area contributed by atoms with Gasteiger partial charge in [-0.05, 0) is 47.0 Å². The van der Waals surface area contributed by atoms with Crippen LogP contribution in [0.1, 0.15) is 17.7 Å². The number of halogens is 1. The highest BCUT2D eigenvalue weighted by molar-refractivity contribution is 9.11. The van der Waals surface area contributed by atoms with Crippen molar-refractivity contribution in [1.82, 2.24) is 10.6 Å². The van der Waals surface area contributed by atoms with Gasteiger partial charge in [-0.15, -0.1) is 11.3 Å². The molecule has 21 heavy (non-hydrogen) atoms. The Kier molecular flexibility index (Phi) is 5.96. The van der Waals surface area contributed by atoms with Gasteiger partial charge in [0.1, 0.15) is 6.54 Å².